The quantitative estimate of drug-likeness (QED) is 0.801. The standard InChI is InChI=1S/C14H18ClN3O2/c1-14(2)13(20)17(3)6-7-18(14)12(19)10-8-9(15)4-5-11(10)16/h4-5,8H,6-7,16H2,1-3H3. The molecular formula is C14H18ClN3O2. The molecule has 0 spiro atoms. The van der Waals surface area contributed by atoms with Crippen molar-refractivity contribution in [2.45, 2.75) is 19.4 Å². The summed E-state index contributed by atoms with van der Waals surface area (Å²) < 4.78 is 0. The van der Waals surface area contributed by atoms with Crippen molar-refractivity contribution in [3.05, 3.63) is 28.8 Å². The average molecular weight is 296 g/mol. The summed E-state index contributed by atoms with van der Waals surface area (Å²) in [5, 5.41) is 0.445. The highest BCUT2D eigenvalue weighted by Crippen LogP contribution is 2.27. The minimum atomic E-state index is -0.890. The number of amides is 2. The Morgan fingerprint density at radius 1 is 1.35 bits per heavy atom. The Labute approximate surface area is 123 Å². The number of carbonyl (C=O) groups is 2. The lowest BCUT2D eigenvalue weighted by Crippen LogP contribution is -2.63. The van der Waals surface area contributed by atoms with E-state index in [2.05, 4.69) is 0 Å². The highest BCUT2D eigenvalue weighted by Gasteiger charge is 2.43. The van der Waals surface area contributed by atoms with E-state index < -0.39 is 5.54 Å². The first-order valence-electron chi connectivity index (χ1n) is 6.37. The summed E-state index contributed by atoms with van der Waals surface area (Å²) in [6, 6.07) is 4.77. The molecule has 1 aliphatic heterocycles. The summed E-state index contributed by atoms with van der Waals surface area (Å²) >= 11 is 5.92. The van der Waals surface area contributed by atoms with Gasteiger partial charge in [-0.25, -0.2) is 0 Å². The molecule has 6 heteroatoms. The summed E-state index contributed by atoms with van der Waals surface area (Å²) in [4.78, 5) is 28.1. The van der Waals surface area contributed by atoms with Crippen LogP contribution in [0.1, 0.15) is 24.2 Å². The fraction of sp³-hybridized carbons (Fsp3) is 0.429. The topological polar surface area (TPSA) is 66.6 Å². The molecule has 5 nitrogen and oxygen atoms in total. The molecule has 1 aliphatic rings. The van der Waals surface area contributed by atoms with Crippen LogP contribution >= 0.6 is 11.6 Å². The first kappa shape index (κ1) is 14.7. The van der Waals surface area contributed by atoms with E-state index >= 15 is 0 Å². The van der Waals surface area contributed by atoms with Gasteiger partial charge in [0.25, 0.3) is 5.91 Å². The van der Waals surface area contributed by atoms with Crippen LogP contribution < -0.4 is 5.73 Å². The number of benzene rings is 1. The zero-order valence-electron chi connectivity index (χ0n) is 11.8. The Balaban J connectivity index is 2.38. The number of halogens is 1. The Morgan fingerprint density at radius 3 is 2.65 bits per heavy atom. The van der Waals surface area contributed by atoms with Crippen molar-refractivity contribution < 1.29 is 9.59 Å². The van der Waals surface area contributed by atoms with Gasteiger partial charge in [-0.3, -0.25) is 9.59 Å². The lowest BCUT2D eigenvalue weighted by molar-refractivity contribution is -0.144. The third-order valence-electron chi connectivity index (χ3n) is 3.69. The van der Waals surface area contributed by atoms with E-state index in [1.807, 2.05) is 0 Å². The van der Waals surface area contributed by atoms with Gasteiger partial charge >= 0.3 is 0 Å². The van der Waals surface area contributed by atoms with Crippen molar-refractivity contribution in [3.63, 3.8) is 0 Å². The molecule has 0 atom stereocenters. The molecule has 0 aromatic heterocycles. The van der Waals surface area contributed by atoms with Crippen molar-refractivity contribution in [2.75, 3.05) is 25.9 Å². The largest absolute Gasteiger partial charge is 0.398 e. The normalized spacial score (nSPS) is 18.3. The van der Waals surface area contributed by atoms with E-state index in [4.69, 9.17) is 17.3 Å². The van der Waals surface area contributed by atoms with Gasteiger partial charge in [0.2, 0.25) is 5.91 Å². The predicted molar refractivity (Wildman–Crippen MR) is 78.6 cm³/mol. The minimum absolute atomic E-state index is 0.0855. The number of nitrogens with two attached hydrogens (primary N) is 1. The Kier molecular flexibility index (Phi) is 3.65. The van der Waals surface area contributed by atoms with Crippen molar-refractivity contribution in [3.8, 4) is 0 Å². The van der Waals surface area contributed by atoms with Crippen LogP contribution in [0.5, 0.6) is 0 Å². The third-order valence-corrected chi connectivity index (χ3v) is 3.93. The zero-order chi connectivity index (χ0) is 15.1. The number of carbonyl (C=O) groups excluding carboxylic acids is 2. The van der Waals surface area contributed by atoms with Crippen LogP contribution in [0.15, 0.2) is 18.2 Å². The molecule has 0 aliphatic carbocycles. The minimum Gasteiger partial charge on any atom is -0.398 e. The van der Waals surface area contributed by atoms with Crippen LogP contribution in [0.3, 0.4) is 0 Å². The van der Waals surface area contributed by atoms with E-state index in [0.717, 1.165) is 0 Å². The van der Waals surface area contributed by atoms with Crippen LogP contribution in [0.4, 0.5) is 5.69 Å². The van der Waals surface area contributed by atoms with E-state index in [9.17, 15) is 9.59 Å². The highest BCUT2D eigenvalue weighted by molar-refractivity contribution is 6.31. The summed E-state index contributed by atoms with van der Waals surface area (Å²) in [6.07, 6.45) is 0. The molecule has 2 rings (SSSR count). The van der Waals surface area contributed by atoms with E-state index in [1.54, 1.807) is 42.8 Å². The van der Waals surface area contributed by atoms with Crippen LogP contribution in [-0.2, 0) is 4.79 Å². The molecule has 0 saturated carbocycles. The average Bonchev–Trinajstić information content (AvgIpc) is 2.38. The summed E-state index contributed by atoms with van der Waals surface area (Å²) in [6.45, 7) is 4.46. The molecule has 2 N–H and O–H groups in total. The second kappa shape index (κ2) is 4.98. The third kappa shape index (κ3) is 2.33. The van der Waals surface area contributed by atoms with Crippen molar-refractivity contribution in [1.29, 1.82) is 0 Å². The van der Waals surface area contributed by atoms with Gasteiger partial charge in [0.15, 0.2) is 0 Å². The number of nitrogens with zero attached hydrogens (tertiary/aromatic N) is 2. The molecule has 0 unspecified atom stereocenters. The molecule has 108 valence electrons. The Bertz CT molecular complexity index is 572. The summed E-state index contributed by atoms with van der Waals surface area (Å²) in [5.74, 6) is -0.353. The van der Waals surface area contributed by atoms with Gasteiger partial charge in [-0.15, -0.1) is 0 Å². The lowest BCUT2D eigenvalue weighted by Gasteiger charge is -2.44. The zero-order valence-corrected chi connectivity index (χ0v) is 12.6. The monoisotopic (exact) mass is 295 g/mol. The van der Waals surface area contributed by atoms with Crippen LogP contribution in [0, 0.1) is 0 Å². The van der Waals surface area contributed by atoms with E-state index in [1.165, 1.54) is 6.07 Å². The first-order chi connectivity index (χ1) is 9.25. The number of likely N-dealkylation sites (N-methyl/N-ethyl adjacent to an activating group) is 1. The van der Waals surface area contributed by atoms with Gasteiger partial charge in [0.05, 0.1) is 5.56 Å². The fourth-order valence-corrected chi connectivity index (χ4v) is 2.60. The van der Waals surface area contributed by atoms with Crippen molar-refractivity contribution in [1.82, 2.24) is 9.80 Å². The lowest BCUT2D eigenvalue weighted by atomic mass is 9.96. The van der Waals surface area contributed by atoms with Crippen LogP contribution in [-0.4, -0.2) is 47.3 Å². The number of hydrogen-bond donors (Lipinski definition) is 1. The molecule has 1 heterocycles. The fourth-order valence-electron chi connectivity index (χ4n) is 2.43. The second-order valence-corrected chi connectivity index (χ2v) is 5.91. The van der Waals surface area contributed by atoms with E-state index in [0.29, 0.717) is 29.4 Å². The smallest absolute Gasteiger partial charge is 0.256 e. The molecule has 0 bridgehead atoms. The molecule has 1 aromatic rings. The maximum atomic E-state index is 12.7. The van der Waals surface area contributed by atoms with Gasteiger partial charge in [0.1, 0.15) is 5.54 Å². The van der Waals surface area contributed by atoms with Crippen molar-refractivity contribution >= 4 is 29.1 Å². The van der Waals surface area contributed by atoms with Crippen LogP contribution in [0.2, 0.25) is 5.02 Å². The first-order valence-corrected chi connectivity index (χ1v) is 6.75. The SMILES string of the molecule is CN1CCN(C(=O)c2cc(Cl)ccc2N)C(C)(C)C1=O. The Hall–Kier alpha value is -1.75. The number of hydrogen-bond acceptors (Lipinski definition) is 3. The molecule has 2 amide bonds. The highest BCUT2D eigenvalue weighted by atomic mass is 35.5. The summed E-state index contributed by atoms with van der Waals surface area (Å²) in [5.41, 5.74) is 5.65. The molecule has 0 radical (unpaired) electrons. The second-order valence-electron chi connectivity index (χ2n) is 5.47. The van der Waals surface area contributed by atoms with Crippen molar-refractivity contribution in [2.24, 2.45) is 0 Å². The maximum Gasteiger partial charge on any atom is 0.256 e. The van der Waals surface area contributed by atoms with Gasteiger partial charge < -0.3 is 15.5 Å². The summed E-state index contributed by atoms with van der Waals surface area (Å²) in [7, 11) is 1.74. The van der Waals surface area contributed by atoms with Gasteiger partial charge in [-0.1, -0.05) is 11.6 Å². The molecule has 1 fully saturated rings. The van der Waals surface area contributed by atoms with Gasteiger partial charge in [-0.2, -0.15) is 0 Å². The molecule has 1 aromatic carbocycles. The van der Waals surface area contributed by atoms with E-state index in [-0.39, 0.29) is 11.8 Å². The van der Waals surface area contributed by atoms with Gasteiger partial charge in [0, 0.05) is 30.8 Å². The molecule has 1 saturated heterocycles. The predicted octanol–water partition coefficient (Wildman–Crippen LogP) is 1.61. The Morgan fingerprint density at radius 2 is 2.00 bits per heavy atom. The number of piperazine rings is 1. The number of anilines is 1. The number of nitrogen functional groups attached to an aromatic ring is 1. The maximum absolute atomic E-state index is 12.7. The van der Waals surface area contributed by atoms with Crippen LogP contribution in [0.25, 0.3) is 0 Å². The van der Waals surface area contributed by atoms with Gasteiger partial charge in [-0.05, 0) is 32.0 Å². The molecular weight excluding hydrogens is 278 g/mol. The number of rotatable bonds is 1. The molecule has 20 heavy (non-hydrogen) atoms.